The summed E-state index contributed by atoms with van der Waals surface area (Å²) >= 11 is 0. The molecule has 3 heteroatoms. The predicted octanol–water partition coefficient (Wildman–Crippen LogP) is 2.95. The number of carbonyl (C=O) groups is 1. The van der Waals surface area contributed by atoms with Gasteiger partial charge in [-0.2, -0.15) is 0 Å². The van der Waals surface area contributed by atoms with Crippen molar-refractivity contribution in [2.75, 3.05) is 6.61 Å². The number of hydrogen-bond donors (Lipinski definition) is 2. The molecule has 0 aliphatic rings. The van der Waals surface area contributed by atoms with Gasteiger partial charge < -0.3 is 10.4 Å². The van der Waals surface area contributed by atoms with Crippen molar-refractivity contribution in [3.8, 4) is 0 Å². The molecule has 0 bridgehead atoms. The van der Waals surface area contributed by atoms with Crippen molar-refractivity contribution < 1.29 is 9.90 Å². The summed E-state index contributed by atoms with van der Waals surface area (Å²) in [5, 5.41) is 12.2. The van der Waals surface area contributed by atoms with E-state index in [2.05, 4.69) is 26.1 Å². The molecular formula is C16H25NO2. The number of carbonyl (C=O) groups excluding carboxylic acids is 1. The molecule has 1 amide bonds. The highest BCUT2D eigenvalue weighted by Gasteiger charge is 2.18. The highest BCUT2D eigenvalue weighted by Crippen LogP contribution is 2.15. The fourth-order valence-corrected chi connectivity index (χ4v) is 1.92. The molecule has 0 unspecified atom stereocenters. The maximum Gasteiger partial charge on any atom is 0.251 e. The van der Waals surface area contributed by atoms with E-state index < -0.39 is 0 Å². The van der Waals surface area contributed by atoms with Crippen molar-refractivity contribution in [1.82, 2.24) is 5.32 Å². The van der Waals surface area contributed by atoms with E-state index in [-0.39, 0.29) is 24.5 Å². The summed E-state index contributed by atoms with van der Waals surface area (Å²) < 4.78 is 0. The Morgan fingerprint density at radius 2 is 1.79 bits per heavy atom. The Labute approximate surface area is 116 Å². The Hall–Kier alpha value is -1.35. The molecule has 106 valence electrons. The van der Waals surface area contributed by atoms with Gasteiger partial charge in [-0.3, -0.25) is 4.79 Å². The zero-order chi connectivity index (χ0) is 14.4. The maximum absolute atomic E-state index is 12.1. The molecular weight excluding hydrogens is 238 g/mol. The van der Waals surface area contributed by atoms with E-state index in [4.69, 9.17) is 0 Å². The molecule has 3 nitrogen and oxygen atoms in total. The van der Waals surface area contributed by atoms with Gasteiger partial charge in [0, 0.05) is 5.56 Å². The van der Waals surface area contributed by atoms with Crippen molar-refractivity contribution in [2.45, 2.75) is 46.1 Å². The molecule has 2 atom stereocenters. The molecule has 1 aromatic rings. The summed E-state index contributed by atoms with van der Waals surface area (Å²) in [7, 11) is 0. The van der Waals surface area contributed by atoms with E-state index in [0.717, 1.165) is 6.42 Å². The van der Waals surface area contributed by atoms with Crippen LogP contribution in [0.5, 0.6) is 0 Å². The van der Waals surface area contributed by atoms with Gasteiger partial charge in [-0.15, -0.1) is 0 Å². The average molecular weight is 263 g/mol. The van der Waals surface area contributed by atoms with Gasteiger partial charge in [0.05, 0.1) is 12.6 Å². The maximum atomic E-state index is 12.1. The number of nitrogens with one attached hydrogen (secondary N) is 1. The van der Waals surface area contributed by atoms with Crippen LogP contribution in [0.4, 0.5) is 0 Å². The molecule has 0 aliphatic heterocycles. The van der Waals surface area contributed by atoms with Gasteiger partial charge in [0.25, 0.3) is 5.91 Å². The summed E-state index contributed by atoms with van der Waals surface area (Å²) in [6, 6.07) is 7.47. The van der Waals surface area contributed by atoms with Gasteiger partial charge in [0.1, 0.15) is 0 Å². The second kappa shape index (κ2) is 7.29. The van der Waals surface area contributed by atoms with Crippen molar-refractivity contribution in [3.05, 3.63) is 35.4 Å². The molecule has 0 heterocycles. The number of amides is 1. The lowest BCUT2D eigenvalue weighted by Crippen LogP contribution is -2.41. The standard InChI is InChI=1S/C16H25NO2/c1-5-12(4)15(10-18)17-16(19)14-8-6-13(7-9-14)11(2)3/h6-9,11-12,15,18H,5,10H2,1-4H3,(H,17,19)/t12-,15+/m0/s1. The Balaban J connectivity index is 2.72. The van der Waals surface area contributed by atoms with Crippen LogP contribution in [-0.4, -0.2) is 23.7 Å². The lowest BCUT2D eigenvalue weighted by molar-refractivity contribution is 0.0891. The van der Waals surface area contributed by atoms with Gasteiger partial charge in [-0.1, -0.05) is 46.2 Å². The third-order valence-electron chi connectivity index (χ3n) is 3.68. The van der Waals surface area contributed by atoms with Crippen LogP contribution in [0.3, 0.4) is 0 Å². The summed E-state index contributed by atoms with van der Waals surface area (Å²) in [4.78, 5) is 12.1. The van der Waals surface area contributed by atoms with Crippen molar-refractivity contribution in [1.29, 1.82) is 0 Å². The van der Waals surface area contributed by atoms with Gasteiger partial charge in [0.2, 0.25) is 0 Å². The van der Waals surface area contributed by atoms with E-state index in [0.29, 0.717) is 11.5 Å². The van der Waals surface area contributed by atoms with Crippen LogP contribution in [0.2, 0.25) is 0 Å². The zero-order valence-corrected chi connectivity index (χ0v) is 12.3. The molecule has 0 aliphatic carbocycles. The number of hydrogen-bond acceptors (Lipinski definition) is 2. The van der Waals surface area contributed by atoms with E-state index in [1.54, 1.807) is 0 Å². The summed E-state index contributed by atoms with van der Waals surface area (Å²) in [6.07, 6.45) is 0.928. The molecule has 0 spiro atoms. The smallest absolute Gasteiger partial charge is 0.251 e. The Morgan fingerprint density at radius 3 is 2.21 bits per heavy atom. The van der Waals surface area contributed by atoms with E-state index in [1.165, 1.54) is 5.56 Å². The van der Waals surface area contributed by atoms with E-state index in [9.17, 15) is 9.90 Å². The molecule has 1 aromatic carbocycles. The van der Waals surface area contributed by atoms with Gasteiger partial charge in [-0.25, -0.2) is 0 Å². The Morgan fingerprint density at radius 1 is 1.21 bits per heavy atom. The van der Waals surface area contributed by atoms with Crippen LogP contribution in [0.1, 0.15) is 56.0 Å². The topological polar surface area (TPSA) is 49.3 Å². The number of aliphatic hydroxyl groups excluding tert-OH is 1. The fourth-order valence-electron chi connectivity index (χ4n) is 1.92. The van der Waals surface area contributed by atoms with Crippen LogP contribution >= 0.6 is 0 Å². The first-order chi connectivity index (χ1) is 8.99. The number of benzene rings is 1. The summed E-state index contributed by atoms with van der Waals surface area (Å²) in [5.74, 6) is 0.612. The highest BCUT2D eigenvalue weighted by molar-refractivity contribution is 5.94. The third kappa shape index (κ3) is 4.35. The highest BCUT2D eigenvalue weighted by atomic mass is 16.3. The first kappa shape index (κ1) is 15.7. The molecule has 19 heavy (non-hydrogen) atoms. The quantitative estimate of drug-likeness (QED) is 0.829. The molecule has 1 rings (SSSR count). The molecule has 2 N–H and O–H groups in total. The second-order valence-electron chi connectivity index (χ2n) is 5.42. The lowest BCUT2D eigenvalue weighted by atomic mass is 9.98. The monoisotopic (exact) mass is 263 g/mol. The molecule has 0 saturated carbocycles. The van der Waals surface area contributed by atoms with Crippen LogP contribution < -0.4 is 5.32 Å². The predicted molar refractivity (Wildman–Crippen MR) is 78.3 cm³/mol. The van der Waals surface area contributed by atoms with Crippen molar-refractivity contribution in [2.24, 2.45) is 5.92 Å². The first-order valence-corrected chi connectivity index (χ1v) is 7.01. The summed E-state index contributed by atoms with van der Waals surface area (Å²) in [5.41, 5.74) is 1.86. The minimum atomic E-state index is -0.178. The van der Waals surface area contributed by atoms with E-state index >= 15 is 0 Å². The lowest BCUT2D eigenvalue weighted by Gasteiger charge is -2.22. The summed E-state index contributed by atoms with van der Waals surface area (Å²) in [6.45, 7) is 8.31. The van der Waals surface area contributed by atoms with Crippen molar-refractivity contribution >= 4 is 5.91 Å². The Bertz CT molecular complexity index is 398. The molecule has 0 fully saturated rings. The normalized spacial score (nSPS) is 14.2. The average Bonchev–Trinajstić information content (AvgIpc) is 2.43. The van der Waals surface area contributed by atoms with Crippen LogP contribution in [-0.2, 0) is 0 Å². The molecule has 0 radical (unpaired) electrons. The van der Waals surface area contributed by atoms with Crippen molar-refractivity contribution in [3.63, 3.8) is 0 Å². The minimum Gasteiger partial charge on any atom is -0.394 e. The molecule has 0 saturated heterocycles. The van der Waals surface area contributed by atoms with Gasteiger partial charge >= 0.3 is 0 Å². The first-order valence-electron chi connectivity index (χ1n) is 7.01. The second-order valence-corrected chi connectivity index (χ2v) is 5.42. The van der Waals surface area contributed by atoms with Crippen LogP contribution in [0.25, 0.3) is 0 Å². The van der Waals surface area contributed by atoms with Crippen LogP contribution in [0.15, 0.2) is 24.3 Å². The third-order valence-corrected chi connectivity index (χ3v) is 3.68. The fraction of sp³-hybridized carbons (Fsp3) is 0.562. The van der Waals surface area contributed by atoms with Gasteiger partial charge in [0.15, 0.2) is 0 Å². The minimum absolute atomic E-state index is 0.0230. The number of rotatable bonds is 6. The van der Waals surface area contributed by atoms with E-state index in [1.807, 2.05) is 31.2 Å². The SMILES string of the molecule is CC[C@H](C)[C@@H](CO)NC(=O)c1ccc(C(C)C)cc1. The zero-order valence-electron chi connectivity index (χ0n) is 12.3. The van der Waals surface area contributed by atoms with Gasteiger partial charge in [-0.05, 0) is 29.5 Å². The van der Waals surface area contributed by atoms with Crippen LogP contribution in [0, 0.1) is 5.92 Å². The number of aliphatic hydroxyl groups is 1. The Kier molecular flexibility index (Phi) is 6.03. The molecule has 0 aromatic heterocycles. The largest absolute Gasteiger partial charge is 0.394 e.